The van der Waals surface area contributed by atoms with Crippen molar-refractivity contribution in [3.05, 3.63) is 77.4 Å². The van der Waals surface area contributed by atoms with E-state index in [2.05, 4.69) is 72.5 Å². The molecular formula is C19H17N. The minimum Gasteiger partial charge on any atom is -0.363 e. The summed E-state index contributed by atoms with van der Waals surface area (Å²) < 4.78 is 0. The monoisotopic (exact) mass is 259 g/mol. The summed E-state index contributed by atoms with van der Waals surface area (Å²) in [7, 11) is 0. The fourth-order valence-corrected chi connectivity index (χ4v) is 3.31. The number of para-hydroxylation sites is 1. The molecule has 0 saturated carbocycles. The van der Waals surface area contributed by atoms with Crippen LogP contribution < -0.4 is 4.90 Å². The van der Waals surface area contributed by atoms with Gasteiger partial charge in [0.15, 0.2) is 0 Å². The number of nitrogens with zero attached hydrogens (tertiary/aromatic N) is 1. The Morgan fingerprint density at radius 2 is 1.60 bits per heavy atom. The van der Waals surface area contributed by atoms with Crippen LogP contribution in [0.15, 0.2) is 60.7 Å². The Hall–Kier alpha value is -2.28. The van der Waals surface area contributed by atoms with Crippen molar-refractivity contribution in [2.24, 2.45) is 0 Å². The molecule has 0 unspecified atom stereocenters. The van der Waals surface area contributed by atoms with E-state index in [9.17, 15) is 0 Å². The molecule has 98 valence electrons. The lowest BCUT2D eigenvalue weighted by molar-refractivity contribution is 0.788. The van der Waals surface area contributed by atoms with E-state index in [4.69, 9.17) is 0 Å². The molecule has 0 radical (unpaired) electrons. The van der Waals surface area contributed by atoms with Crippen molar-refractivity contribution in [1.82, 2.24) is 0 Å². The predicted octanol–water partition coefficient (Wildman–Crippen LogP) is 4.67. The highest BCUT2D eigenvalue weighted by molar-refractivity contribution is 5.91. The maximum Gasteiger partial charge on any atom is 0.0439 e. The maximum atomic E-state index is 2.45. The molecule has 0 bridgehead atoms. The third kappa shape index (κ3) is 1.78. The van der Waals surface area contributed by atoms with Crippen molar-refractivity contribution in [2.45, 2.75) is 20.0 Å². The minimum absolute atomic E-state index is 0.997. The molecule has 1 heterocycles. The molecule has 1 nitrogen and oxygen atoms in total. The SMILES string of the molecule is Cc1cc2c3c(cccc3c1)CN(c1ccccc1)C2. The van der Waals surface area contributed by atoms with Gasteiger partial charge in [0, 0.05) is 18.8 Å². The Morgan fingerprint density at radius 1 is 0.800 bits per heavy atom. The molecule has 0 fully saturated rings. The van der Waals surface area contributed by atoms with Gasteiger partial charge in [0.2, 0.25) is 0 Å². The summed E-state index contributed by atoms with van der Waals surface area (Å²) in [6.45, 7) is 4.18. The molecule has 0 saturated heterocycles. The van der Waals surface area contributed by atoms with Gasteiger partial charge in [0.05, 0.1) is 0 Å². The summed E-state index contributed by atoms with van der Waals surface area (Å²) in [5.74, 6) is 0. The zero-order valence-electron chi connectivity index (χ0n) is 11.6. The molecule has 0 aromatic heterocycles. The third-order valence-electron chi connectivity index (χ3n) is 4.13. The van der Waals surface area contributed by atoms with Crippen LogP contribution in [-0.4, -0.2) is 0 Å². The number of anilines is 1. The predicted molar refractivity (Wildman–Crippen MR) is 85.0 cm³/mol. The Balaban J connectivity index is 1.87. The molecule has 0 aliphatic carbocycles. The van der Waals surface area contributed by atoms with Crippen molar-refractivity contribution < 1.29 is 0 Å². The number of aryl methyl sites for hydroxylation is 1. The summed E-state index contributed by atoms with van der Waals surface area (Å²) >= 11 is 0. The highest BCUT2D eigenvalue weighted by Gasteiger charge is 2.18. The van der Waals surface area contributed by atoms with Gasteiger partial charge in [-0.2, -0.15) is 0 Å². The van der Waals surface area contributed by atoms with Gasteiger partial charge in [-0.15, -0.1) is 0 Å². The highest BCUT2D eigenvalue weighted by Crippen LogP contribution is 2.33. The number of hydrogen-bond donors (Lipinski definition) is 0. The van der Waals surface area contributed by atoms with Gasteiger partial charge >= 0.3 is 0 Å². The van der Waals surface area contributed by atoms with Gasteiger partial charge in [0.1, 0.15) is 0 Å². The molecular weight excluding hydrogens is 242 g/mol. The molecule has 4 rings (SSSR count). The van der Waals surface area contributed by atoms with Crippen LogP contribution in [0.3, 0.4) is 0 Å². The van der Waals surface area contributed by atoms with E-state index < -0.39 is 0 Å². The quantitative estimate of drug-likeness (QED) is 0.614. The Kier molecular flexibility index (Phi) is 2.53. The van der Waals surface area contributed by atoms with Gasteiger partial charge in [0.25, 0.3) is 0 Å². The van der Waals surface area contributed by atoms with Crippen LogP contribution in [0.4, 0.5) is 5.69 Å². The van der Waals surface area contributed by atoms with E-state index in [1.54, 1.807) is 0 Å². The van der Waals surface area contributed by atoms with E-state index in [0.717, 1.165) is 13.1 Å². The largest absolute Gasteiger partial charge is 0.363 e. The number of benzene rings is 3. The van der Waals surface area contributed by atoms with Crippen molar-refractivity contribution in [1.29, 1.82) is 0 Å². The normalized spacial score (nSPS) is 13.8. The molecule has 20 heavy (non-hydrogen) atoms. The second-order valence-electron chi connectivity index (χ2n) is 5.63. The van der Waals surface area contributed by atoms with E-state index in [-0.39, 0.29) is 0 Å². The molecule has 0 spiro atoms. The van der Waals surface area contributed by atoms with Gasteiger partial charge in [-0.1, -0.05) is 54.1 Å². The number of rotatable bonds is 1. The standard InChI is InChI=1S/C19H17N/c1-14-10-15-6-5-7-16-12-20(13-17(11-14)19(15)16)18-8-3-2-4-9-18/h2-11H,12-13H2,1H3. The molecule has 1 heteroatoms. The molecule has 3 aromatic rings. The lowest BCUT2D eigenvalue weighted by Gasteiger charge is -2.31. The summed E-state index contributed by atoms with van der Waals surface area (Å²) in [5.41, 5.74) is 5.54. The van der Waals surface area contributed by atoms with Crippen LogP contribution in [0.25, 0.3) is 10.8 Å². The van der Waals surface area contributed by atoms with Crippen molar-refractivity contribution in [3.63, 3.8) is 0 Å². The first kappa shape index (κ1) is 11.5. The van der Waals surface area contributed by atoms with Gasteiger partial charge in [-0.25, -0.2) is 0 Å². The van der Waals surface area contributed by atoms with E-state index >= 15 is 0 Å². The summed E-state index contributed by atoms with van der Waals surface area (Å²) in [6.07, 6.45) is 0. The molecule has 1 aliphatic rings. The third-order valence-corrected chi connectivity index (χ3v) is 4.13. The van der Waals surface area contributed by atoms with Crippen LogP contribution in [0.5, 0.6) is 0 Å². The summed E-state index contributed by atoms with van der Waals surface area (Å²) in [6, 6.07) is 22.0. The second kappa shape index (κ2) is 4.38. The molecule has 3 aromatic carbocycles. The minimum atomic E-state index is 0.997. The fourth-order valence-electron chi connectivity index (χ4n) is 3.31. The second-order valence-corrected chi connectivity index (χ2v) is 5.63. The Morgan fingerprint density at radius 3 is 2.45 bits per heavy atom. The van der Waals surface area contributed by atoms with Crippen LogP contribution in [0.2, 0.25) is 0 Å². The van der Waals surface area contributed by atoms with E-state index in [1.165, 1.54) is 33.2 Å². The fraction of sp³-hybridized carbons (Fsp3) is 0.158. The molecule has 0 atom stereocenters. The molecule has 0 amide bonds. The van der Waals surface area contributed by atoms with Crippen LogP contribution in [-0.2, 0) is 13.1 Å². The average molecular weight is 259 g/mol. The van der Waals surface area contributed by atoms with Gasteiger partial charge < -0.3 is 4.90 Å². The van der Waals surface area contributed by atoms with E-state index in [0.29, 0.717) is 0 Å². The Labute approximate surface area is 119 Å². The lowest BCUT2D eigenvalue weighted by atomic mass is 9.93. The summed E-state index contributed by atoms with van der Waals surface area (Å²) in [5, 5.41) is 2.84. The molecule has 0 N–H and O–H groups in total. The van der Waals surface area contributed by atoms with E-state index in [1.807, 2.05) is 0 Å². The van der Waals surface area contributed by atoms with Crippen molar-refractivity contribution in [2.75, 3.05) is 4.90 Å². The van der Waals surface area contributed by atoms with Crippen LogP contribution >= 0.6 is 0 Å². The van der Waals surface area contributed by atoms with Crippen molar-refractivity contribution >= 4 is 16.5 Å². The zero-order chi connectivity index (χ0) is 13.5. The maximum absolute atomic E-state index is 2.45. The van der Waals surface area contributed by atoms with Gasteiger partial charge in [-0.3, -0.25) is 0 Å². The topological polar surface area (TPSA) is 3.24 Å². The first-order valence-electron chi connectivity index (χ1n) is 7.12. The van der Waals surface area contributed by atoms with Crippen LogP contribution in [0.1, 0.15) is 16.7 Å². The Bertz CT molecular complexity index is 774. The average Bonchev–Trinajstić information content (AvgIpc) is 2.48. The van der Waals surface area contributed by atoms with Gasteiger partial charge in [-0.05, 0) is 41.0 Å². The van der Waals surface area contributed by atoms with Crippen LogP contribution in [0, 0.1) is 6.92 Å². The summed E-state index contributed by atoms with van der Waals surface area (Å²) in [4.78, 5) is 2.45. The first-order chi connectivity index (χ1) is 9.81. The first-order valence-corrected chi connectivity index (χ1v) is 7.12. The zero-order valence-corrected chi connectivity index (χ0v) is 11.6. The molecule has 1 aliphatic heterocycles. The van der Waals surface area contributed by atoms with Crippen molar-refractivity contribution in [3.8, 4) is 0 Å². The smallest absolute Gasteiger partial charge is 0.0439 e. The lowest BCUT2D eigenvalue weighted by Crippen LogP contribution is -2.26. The number of hydrogen-bond acceptors (Lipinski definition) is 1. The highest BCUT2D eigenvalue weighted by atomic mass is 15.1.